The van der Waals surface area contributed by atoms with E-state index in [0.29, 0.717) is 17.3 Å². The van der Waals surface area contributed by atoms with Gasteiger partial charge in [0.15, 0.2) is 0 Å². The Labute approximate surface area is 124 Å². The molecule has 2 aromatic heterocycles. The summed E-state index contributed by atoms with van der Waals surface area (Å²) in [6.07, 6.45) is 6.70. The lowest BCUT2D eigenvalue weighted by Gasteiger charge is -2.13. The maximum Gasteiger partial charge on any atom is 0.216 e. The van der Waals surface area contributed by atoms with E-state index in [9.17, 15) is 4.79 Å². The Bertz CT molecular complexity index is 634. The van der Waals surface area contributed by atoms with Crippen LogP contribution < -0.4 is 11.1 Å². The van der Waals surface area contributed by atoms with Crippen LogP contribution in [0.5, 0.6) is 0 Å². The smallest absolute Gasteiger partial charge is 0.216 e. The highest BCUT2D eigenvalue weighted by molar-refractivity contribution is 6.10. The van der Waals surface area contributed by atoms with Crippen LogP contribution in [0.3, 0.4) is 0 Å². The molecule has 0 aromatic carbocycles. The number of hydrogen-bond acceptors (Lipinski definition) is 5. The molecule has 0 spiro atoms. The average molecular weight is 287 g/mol. The number of carbonyl (C=O) groups excluding carboxylic acids is 1. The van der Waals surface area contributed by atoms with E-state index < -0.39 is 0 Å². The van der Waals surface area contributed by atoms with Gasteiger partial charge in [0.25, 0.3) is 0 Å². The second-order valence-corrected chi connectivity index (χ2v) is 5.28. The fraction of sp³-hybridized carbons (Fsp3) is 0.400. The predicted molar refractivity (Wildman–Crippen MR) is 82.2 cm³/mol. The molecule has 0 amide bonds. The Morgan fingerprint density at radius 1 is 1.38 bits per heavy atom. The zero-order chi connectivity index (χ0) is 14.7. The molecule has 1 aliphatic heterocycles. The fourth-order valence-corrected chi connectivity index (χ4v) is 2.68. The van der Waals surface area contributed by atoms with Crippen LogP contribution in [0, 0.1) is 0 Å². The maximum atomic E-state index is 12.4. The van der Waals surface area contributed by atoms with Crippen molar-refractivity contribution in [2.24, 2.45) is 0 Å². The molecule has 0 saturated carbocycles. The number of ketones is 1. The van der Waals surface area contributed by atoms with Crippen molar-refractivity contribution >= 4 is 11.6 Å². The van der Waals surface area contributed by atoms with Gasteiger partial charge >= 0.3 is 0 Å². The molecular formula is C15H21N5O. The SMILES string of the molecule is Nc1ncccc1C(=O)c1ccn(C2CCCNCC2)n1.[HH]. The van der Waals surface area contributed by atoms with Gasteiger partial charge in [0.2, 0.25) is 5.78 Å². The van der Waals surface area contributed by atoms with Crippen molar-refractivity contribution in [1.29, 1.82) is 0 Å². The molecule has 1 atom stereocenters. The molecule has 3 N–H and O–H groups in total. The number of hydrogen-bond donors (Lipinski definition) is 2. The minimum atomic E-state index is -0.175. The quantitative estimate of drug-likeness (QED) is 0.838. The van der Waals surface area contributed by atoms with Crippen molar-refractivity contribution in [2.75, 3.05) is 18.8 Å². The van der Waals surface area contributed by atoms with E-state index in [1.165, 1.54) is 0 Å². The summed E-state index contributed by atoms with van der Waals surface area (Å²) in [4.78, 5) is 16.4. The first-order valence-electron chi connectivity index (χ1n) is 7.27. The number of nitrogens with one attached hydrogen (secondary N) is 1. The Morgan fingerprint density at radius 3 is 3.14 bits per heavy atom. The Kier molecular flexibility index (Phi) is 3.96. The van der Waals surface area contributed by atoms with Crippen LogP contribution in [0.15, 0.2) is 30.6 Å². The van der Waals surface area contributed by atoms with Gasteiger partial charge in [-0.3, -0.25) is 9.48 Å². The minimum absolute atomic E-state index is 0. The van der Waals surface area contributed by atoms with E-state index in [2.05, 4.69) is 15.4 Å². The van der Waals surface area contributed by atoms with E-state index in [-0.39, 0.29) is 13.0 Å². The van der Waals surface area contributed by atoms with E-state index >= 15 is 0 Å². The van der Waals surface area contributed by atoms with Crippen LogP contribution in [-0.2, 0) is 0 Å². The number of nitrogen functional groups attached to an aromatic ring is 1. The van der Waals surface area contributed by atoms with Gasteiger partial charge in [0.1, 0.15) is 11.5 Å². The van der Waals surface area contributed by atoms with Gasteiger partial charge in [0, 0.05) is 13.8 Å². The number of pyridine rings is 1. The highest BCUT2D eigenvalue weighted by Gasteiger charge is 2.19. The van der Waals surface area contributed by atoms with Crippen LogP contribution >= 0.6 is 0 Å². The topological polar surface area (TPSA) is 85.8 Å². The van der Waals surface area contributed by atoms with Crippen molar-refractivity contribution in [3.8, 4) is 0 Å². The first kappa shape index (κ1) is 13.8. The third kappa shape index (κ3) is 2.95. The van der Waals surface area contributed by atoms with Gasteiger partial charge < -0.3 is 11.1 Å². The summed E-state index contributed by atoms with van der Waals surface area (Å²) in [7, 11) is 0. The number of nitrogens with two attached hydrogens (primary N) is 1. The maximum absolute atomic E-state index is 12.4. The molecule has 3 heterocycles. The lowest BCUT2D eigenvalue weighted by atomic mass is 10.1. The monoisotopic (exact) mass is 287 g/mol. The molecule has 0 bridgehead atoms. The normalized spacial score (nSPS) is 19.1. The number of carbonyl (C=O) groups is 1. The second-order valence-electron chi connectivity index (χ2n) is 5.28. The van der Waals surface area contributed by atoms with Crippen molar-refractivity contribution in [3.05, 3.63) is 41.9 Å². The Hall–Kier alpha value is -2.21. The first-order valence-corrected chi connectivity index (χ1v) is 7.27. The molecule has 0 aliphatic carbocycles. The molecular weight excluding hydrogens is 266 g/mol. The van der Waals surface area contributed by atoms with Gasteiger partial charge in [-0.2, -0.15) is 5.10 Å². The molecule has 2 aromatic rings. The molecule has 0 radical (unpaired) electrons. The van der Waals surface area contributed by atoms with E-state index in [4.69, 9.17) is 5.73 Å². The van der Waals surface area contributed by atoms with Gasteiger partial charge in [-0.25, -0.2) is 4.98 Å². The number of anilines is 1. The third-order valence-corrected chi connectivity index (χ3v) is 3.84. The van der Waals surface area contributed by atoms with Crippen LogP contribution in [0.25, 0.3) is 0 Å². The molecule has 3 rings (SSSR count). The molecule has 1 saturated heterocycles. The van der Waals surface area contributed by atoms with Crippen LogP contribution in [0.1, 0.15) is 42.8 Å². The first-order chi connectivity index (χ1) is 10.3. The number of aromatic nitrogens is 3. The van der Waals surface area contributed by atoms with Crippen LogP contribution in [0.2, 0.25) is 0 Å². The summed E-state index contributed by atoms with van der Waals surface area (Å²) in [5.41, 5.74) is 6.59. The van der Waals surface area contributed by atoms with Crippen molar-refractivity contribution in [3.63, 3.8) is 0 Å². The number of nitrogens with zero attached hydrogens (tertiary/aromatic N) is 3. The predicted octanol–water partition coefficient (Wildman–Crippen LogP) is 1.65. The van der Waals surface area contributed by atoms with Crippen LogP contribution in [-0.4, -0.2) is 33.6 Å². The Morgan fingerprint density at radius 2 is 2.29 bits per heavy atom. The summed E-state index contributed by atoms with van der Waals surface area (Å²) < 4.78 is 1.91. The second kappa shape index (κ2) is 6.05. The molecule has 112 valence electrons. The number of rotatable bonds is 3. The summed E-state index contributed by atoms with van der Waals surface area (Å²) >= 11 is 0. The molecule has 6 heteroatoms. The van der Waals surface area contributed by atoms with Crippen molar-refractivity contribution in [1.82, 2.24) is 20.1 Å². The highest BCUT2D eigenvalue weighted by Crippen LogP contribution is 2.20. The molecule has 1 unspecified atom stereocenters. The minimum Gasteiger partial charge on any atom is -0.383 e. The molecule has 1 fully saturated rings. The van der Waals surface area contributed by atoms with Gasteiger partial charge in [0.05, 0.1) is 11.6 Å². The lowest BCUT2D eigenvalue weighted by Crippen LogP contribution is -2.16. The van der Waals surface area contributed by atoms with Crippen LogP contribution in [0.4, 0.5) is 5.82 Å². The average Bonchev–Trinajstić information content (AvgIpc) is 2.83. The summed E-state index contributed by atoms with van der Waals surface area (Å²) in [6.45, 7) is 2.04. The summed E-state index contributed by atoms with van der Waals surface area (Å²) in [5.74, 6) is 0.0711. The third-order valence-electron chi connectivity index (χ3n) is 3.84. The summed E-state index contributed by atoms with van der Waals surface area (Å²) in [5, 5.41) is 7.83. The largest absolute Gasteiger partial charge is 0.383 e. The van der Waals surface area contributed by atoms with E-state index in [0.717, 1.165) is 32.4 Å². The zero-order valence-corrected chi connectivity index (χ0v) is 11.8. The highest BCUT2D eigenvalue weighted by atomic mass is 16.1. The van der Waals surface area contributed by atoms with Crippen molar-refractivity contribution < 1.29 is 6.22 Å². The Balaban J connectivity index is 0.00000176. The van der Waals surface area contributed by atoms with Gasteiger partial charge in [-0.1, -0.05) is 0 Å². The zero-order valence-electron chi connectivity index (χ0n) is 11.8. The standard InChI is InChI=1S/C15H19N5O.H2/c16-15-12(4-2-8-18-15)14(21)13-6-10-20(19-13)11-3-1-7-17-9-5-11;/h2,4,6,8,10-11,17H,1,3,5,7,9H2,(H2,16,18);1H. The molecule has 6 nitrogen and oxygen atoms in total. The van der Waals surface area contributed by atoms with Gasteiger partial charge in [-0.15, -0.1) is 0 Å². The molecule has 21 heavy (non-hydrogen) atoms. The van der Waals surface area contributed by atoms with E-state index in [1.54, 1.807) is 24.4 Å². The van der Waals surface area contributed by atoms with Crippen molar-refractivity contribution in [2.45, 2.75) is 25.3 Å². The summed E-state index contributed by atoms with van der Waals surface area (Å²) in [6, 6.07) is 5.50. The van der Waals surface area contributed by atoms with E-state index in [1.807, 2.05) is 10.9 Å². The lowest BCUT2D eigenvalue weighted by molar-refractivity contribution is 0.103. The fourth-order valence-electron chi connectivity index (χ4n) is 2.68. The van der Waals surface area contributed by atoms with Gasteiger partial charge in [-0.05, 0) is 50.6 Å². The molecule has 1 aliphatic rings.